The molecule has 1 aliphatic heterocycles. The van der Waals surface area contributed by atoms with Crippen molar-refractivity contribution in [2.24, 2.45) is 0 Å². The van der Waals surface area contributed by atoms with Gasteiger partial charge in [-0.15, -0.1) is 0 Å². The molecule has 2 amide bonds. The Hall–Kier alpha value is -2.73. The van der Waals surface area contributed by atoms with Crippen LogP contribution in [0.25, 0.3) is 0 Å². The summed E-state index contributed by atoms with van der Waals surface area (Å²) in [6.45, 7) is 3.03. The number of carbonyl (C=O) groups is 2. The number of rotatable bonds is 4. The van der Waals surface area contributed by atoms with Crippen LogP contribution in [0.2, 0.25) is 0 Å². The van der Waals surface area contributed by atoms with Crippen molar-refractivity contribution in [3.63, 3.8) is 0 Å². The maximum Gasteiger partial charge on any atom is 0.257 e. The highest BCUT2D eigenvalue weighted by molar-refractivity contribution is 6.04. The van der Waals surface area contributed by atoms with E-state index in [0.29, 0.717) is 22.9 Å². The second-order valence-electron chi connectivity index (χ2n) is 6.33. The van der Waals surface area contributed by atoms with Crippen LogP contribution in [-0.2, 0) is 0 Å². The highest BCUT2D eigenvalue weighted by Gasteiger charge is 2.20. The van der Waals surface area contributed by atoms with Gasteiger partial charge in [0.1, 0.15) is 0 Å². The van der Waals surface area contributed by atoms with Gasteiger partial charge in [-0.2, -0.15) is 0 Å². The quantitative estimate of drug-likeness (QED) is 0.798. The first-order chi connectivity index (χ1) is 12.1. The molecule has 3 N–H and O–H groups in total. The van der Waals surface area contributed by atoms with Gasteiger partial charge < -0.3 is 16.0 Å². The van der Waals surface area contributed by atoms with Gasteiger partial charge in [0.05, 0.1) is 5.56 Å². The summed E-state index contributed by atoms with van der Waals surface area (Å²) in [5, 5.41) is 9.24. The summed E-state index contributed by atoms with van der Waals surface area (Å²) in [7, 11) is 0. The molecule has 2 unspecified atom stereocenters. The molecule has 0 spiro atoms. The minimum Gasteiger partial charge on any atom is -0.349 e. The van der Waals surface area contributed by atoms with Gasteiger partial charge in [0.2, 0.25) is 0 Å². The van der Waals surface area contributed by atoms with Crippen LogP contribution in [0.5, 0.6) is 0 Å². The Morgan fingerprint density at radius 2 is 2.00 bits per heavy atom. The highest BCUT2D eigenvalue weighted by atomic mass is 16.2. The van der Waals surface area contributed by atoms with Gasteiger partial charge in [-0.25, -0.2) is 0 Å². The van der Waals surface area contributed by atoms with E-state index >= 15 is 0 Å². The van der Waals surface area contributed by atoms with Crippen LogP contribution < -0.4 is 16.0 Å². The second-order valence-corrected chi connectivity index (χ2v) is 6.33. The third-order valence-electron chi connectivity index (χ3n) is 4.27. The molecule has 1 aromatic carbocycles. The lowest BCUT2D eigenvalue weighted by atomic mass is 10.00. The molecule has 3 rings (SSSR count). The number of hydrogen-bond donors (Lipinski definition) is 3. The van der Waals surface area contributed by atoms with E-state index in [0.717, 1.165) is 19.4 Å². The molecule has 1 aliphatic rings. The monoisotopic (exact) mass is 338 g/mol. The SMILES string of the molecule is CC1CC(NC(=O)c2cccc(NC(=O)c3cccnc3)c2)CCN1. The minimum atomic E-state index is -0.252. The van der Waals surface area contributed by atoms with Crippen molar-refractivity contribution in [3.05, 3.63) is 59.9 Å². The van der Waals surface area contributed by atoms with E-state index in [1.807, 2.05) is 0 Å². The summed E-state index contributed by atoms with van der Waals surface area (Å²) in [6, 6.07) is 10.9. The van der Waals surface area contributed by atoms with Gasteiger partial charge >= 0.3 is 0 Å². The zero-order chi connectivity index (χ0) is 17.6. The third-order valence-corrected chi connectivity index (χ3v) is 4.27. The molecule has 6 heteroatoms. The zero-order valence-corrected chi connectivity index (χ0v) is 14.2. The molecule has 1 fully saturated rings. The van der Waals surface area contributed by atoms with Crippen LogP contribution in [0.15, 0.2) is 48.8 Å². The summed E-state index contributed by atoms with van der Waals surface area (Å²) >= 11 is 0. The van der Waals surface area contributed by atoms with Gasteiger partial charge in [0, 0.05) is 35.7 Å². The summed E-state index contributed by atoms with van der Waals surface area (Å²) in [6.07, 6.45) is 4.96. The lowest BCUT2D eigenvalue weighted by Crippen LogP contribution is -2.46. The van der Waals surface area contributed by atoms with Gasteiger partial charge in [-0.05, 0) is 56.6 Å². The van der Waals surface area contributed by atoms with E-state index in [-0.39, 0.29) is 17.9 Å². The normalized spacial score (nSPS) is 19.9. The lowest BCUT2D eigenvalue weighted by molar-refractivity contribution is 0.0924. The van der Waals surface area contributed by atoms with Crippen molar-refractivity contribution < 1.29 is 9.59 Å². The van der Waals surface area contributed by atoms with Crippen molar-refractivity contribution in [2.75, 3.05) is 11.9 Å². The molecule has 0 saturated carbocycles. The van der Waals surface area contributed by atoms with Gasteiger partial charge in [0.25, 0.3) is 11.8 Å². The number of piperidine rings is 1. The standard InChI is InChI=1S/C19H22N4O2/c1-13-10-17(7-9-21-13)23-18(24)14-4-2-6-16(11-14)22-19(25)15-5-3-8-20-12-15/h2-6,8,11-13,17,21H,7,9-10H2,1H3,(H,22,25)(H,23,24). The van der Waals surface area contributed by atoms with E-state index in [4.69, 9.17) is 0 Å². The lowest BCUT2D eigenvalue weighted by Gasteiger charge is -2.28. The third kappa shape index (κ3) is 4.64. The predicted octanol–water partition coefficient (Wildman–Crippen LogP) is 2.20. The molecule has 25 heavy (non-hydrogen) atoms. The molecule has 2 heterocycles. The Morgan fingerprint density at radius 1 is 1.16 bits per heavy atom. The number of carbonyl (C=O) groups excluding carboxylic acids is 2. The Labute approximate surface area is 147 Å². The molecular formula is C19H22N4O2. The van der Waals surface area contributed by atoms with Crippen LogP contribution in [0.4, 0.5) is 5.69 Å². The van der Waals surface area contributed by atoms with Crippen molar-refractivity contribution >= 4 is 17.5 Å². The molecular weight excluding hydrogens is 316 g/mol. The van der Waals surface area contributed by atoms with E-state index in [1.165, 1.54) is 6.20 Å². The van der Waals surface area contributed by atoms with E-state index < -0.39 is 0 Å². The minimum absolute atomic E-state index is 0.114. The first-order valence-corrected chi connectivity index (χ1v) is 8.47. The average molecular weight is 338 g/mol. The smallest absolute Gasteiger partial charge is 0.257 e. The highest BCUT2D eigenvalue weighted by Crippen LogP contribution is 2.14. The summed E-state index contributed by atoms with van der Waals surface area (Å²) in [5.74, 6) is -0.366. The van der Waals surface area contributed by atoms with Gasteiger partial charge in [-0.3, -0.25) is 14.6 Å². The fourth-order valence-electron chi connectivity index (χ4n) is 2.97. The second kappa shape index (κ2) is 7.90. The Balaban J connectivity index is 1.64. The van der Waals surface area contributed by atoms with E-state index in [1.54, 1.807) is 42.6 Å². The maximum atomic E-state index is 12.5. The summed E-state index contributed by atoms with van der Waals surface area (Å²) in [4.78, 5) is 28.6. The Bertz CT molecular complexity index is 748. The van der Waals surface area contributed by atoms with Crippen LogP contribution in [-0.4, -0.2) is 35.4 Å². The maximum absolute atomic E-state index is 12.5. The number of aromatic nitrogens is 1. The molecule has 0 radical (unpaired) electrons. The summed E-state index contributed by atoms with van der Waals surface area (Å²) < 4.78 is 0. The topological polar surface area (TPSA) is 83.1 Å². The Kier molecular flexibility index (Phi) is 5.40. The largest absolute Gasteiger partial charge is 0.349 e. The molecule has 130 valence electrons. The van der Waals surface area contributed by atoms with Crippen LogP contribution in [0.3, 0.4) is 0 Å². The number of nitrogens with zero attached hydrogens (tertiary/aromatic N) is 1. The number of amides is 2. The van der Waals surface area contributed by atoms with Crippen molar-refractivity contribution in [2.45, 2.75) is 31.8 Å². The average Bonchev–Trinajstić information content (AvgIpc) is 2.62. The van der Waals surface area contributed by atoms with Crippen LogP contribution in [0, 0.1) is 0 Å². The van der Waals surface area contributed by atoms with Crippen LogP contribution in [0.1, 0.15) is 40.5 Å². The van der Waals surface area contributed by atoms with Crippen LogP contribution >= 0.6 is 0 Å². The number of nitrogens with one attached hydrogen (secondary N) is 3. The zero-order valence-electron chi connectivity index (χ0n) is 14.2. The fourth-order valence-corrected chi connectivity index (χ4v) is 2.97. The molecule has 0 bridgehead atoms. The molecule has 0 aliphatic carbocycles. The Morgan fingerprint density at radius 3 is 2.76 bits per heavy atom. The fraction of sp³-hybridized carbons (Fsp3) is 0.316. The number of anilines is 1. The molecule has 1 saturated heterocycles. The van der Waals surface area contributed by atoms with E-state index in [9.17, 15) is 9.59 Å². The molecule has 2 aromatic rings. The first-order valence-electron chi connectivity index (χ1n) is 8.47. The number of benzene rings is 1. The predicted molar refractivity (Wildman–Crippen MR) is 96.6 cm³/mol. The van der Waals surface area contributed by atoms with Crippen molar-refractivity contribution in [1.82, 2.24) is 15.6 Å². The van der Waals surface area contributed by atoms with Gasteiger partial charge in [0.15, 0.2) is 0 Å². The van der Waals surface area contributed by atoms with E-state index in [2.05, 4.69) is 27.9 Å². The molecule has 1 aromatic heterocycles. The van der Waals surface area contributed by atoms with Crippen molar-refractivity contribution in [1.29, 1.82) is 0 Å². The first kappa shape index (κ1) is 17.1. The van der Waals surface area contributed by atoms with Crippen molar-refractivity contribution in [3.8, 4) is 0 Å². The molecule has 2 atom stereocenters. The number of hydrogen-bond acceptors (Lipinski definition) is 4. The number of pyridine rings is 1. The molecule has 6 nitrogen and oxygen atoms in total. The summed E-state index contributed by atoms with van der Waals surface area (Å²) in [5.41, 5.74) is 1.59. The van der Waals surface area contributed by atoms with Gasteiger partial charge in [-0.1, -0.05) is 6.07 Å².